The Morgan fingerprint density at radius 1 is 1.67 bits per heavy atom. The molecule has 0 unspecified atom stereocenters. The molecule has 5 heteroatoms. The predicted molar refractivity (Wildman–Crippen MR) is 44.2 cm³/mol. The SMILES string of the molecule is COc1ccccn1.NNC=O. The number of carbonyl (C=O) groups is 1. The smallest absolute Gasteiger partial charge is 0.221 e. The van der Waals surface area contributed by atoms with Crippen LogP contribution in [0.1, 0.15) is 0 Å². The Morgan fingerprint density at radius 2 is 2.33 bits per heavy atom. The quantitative estimate of drug-likeness (QED) is 0.276. The van der Waals surface area contributed by atoms with Gasteiger partial charge in [0, 0.05) is 12.3 Å². The summed E-state index contributed by atoms with van der Waals surface area (Å²) in [5, 5.41) is 0. The number of hydrazine groups is 1. The van der Waals surface area contributed by atoms with Crippen molar-refractivity contribution >= 4 is 6.41 Å². The van der Waals surface area contributed by atoms with Gasteiger partial charge in [0.2, 0.25) is 12.3 Å². The molecular weight excluding hydrogens is 158 g/mol. The number of pyridine rings is 1. The maximum absolute atomic E-state index is 8.94. The lowest BCUT2D eigenvalue weighted by molar-refractivity contribution is -0.109. The van der Waals surface area contributed by atoms with Gasteiger partial charge in [0.15, 0.2) is 0 Å². The molecular formula is C7H11N3O2. The summed E-state index contributed by atoms with van der Waals surface area (Å²) in [5.41, 5.74) is 1.75. The first-order valence-corrected chi connectivity index (χ1v) is 3.20. The molecule has 66 valence electrons. The summed E-state index contributed by atoms with van der Waals surface area (Å²) in [4.78, 5) is 12.8. The first kappa shape index (κ1) is 10.4. The molecule has 1 aromatic rings. The van der Waals surface area contributed by atoms with Crippen LogP contribution in [0.3, 0.4) is 0 Å². The lowest BCUT2D eigenvalue weighted by Crippen LogP contribution is -2.18. The molecule has 5 nitrogen and oxygen atoms in total. The Labute approximate surface area is 70.5 Å². The molecule has 0 bridgehead atoms. The number of nitrogens with one attached hydrogen (secondary N) is 1. The van der Waals surface area contributed by atoms with E-state index in [1.807, 2.05) is 12.1 Å². The fourth-order valence-electron chi connectivity index (χ4n) is 0.468. The van der Waals surface area contributed by atoms with Gasteiger partial charge in [-0.2, -0.15) is 0 Å². The molecule has 0 aliphatic carbocycles. The maximum Gasteiger partial charge on any atom is 0.221 e. The van der Waals surface area contributed by atoms with E-state index in [0.29, 0.717) is 12.3 Å². The normalized spacial score (nSPS) is 7.50. The summed E-state index contributed by atoms with van der Waals surface area (Å²) >= 11 is 0. The molecule has 0 fully saturated rings. The molecule has 0 radical (unpaired) electrons. The summed E-state index contributed by atoms with van der Waals surface area (Å²) in [6.07, 6.45) is 2.10. The minimum absolute atomic E-state index is 0.403. The molecule has 12 heavy (non-hydrogen) atoms. The third kappa shape index (κ3) is 5.19. The minimum Gasteiger partial charge on any atom is -0.481 e. The van der Waals surface area contributed by atoms with E-state index in [4.69, 9.17) is 9.53 Å². The average molecular weight is 169 g/mol. The van der Waals surface area contributed by atoms with Crippen LogP contribution < -0.4 is 16.0 Å². The molecule has 0 saturated heterocycles. The third-order valence-corrected chi connectivity index (χ3v) is 0.915. The lowest BCUT2D eigenvalue weighted by atomic mass is 10.5. The highest BCUT2D eigenvalue weighted by atomic mass is 16.5. The number of nitrogens with zero attached hydrogens (tertiary/aromatic N) is 1. The van der Waals surface area contributed by atoms with Crippen molar-refractivity contribution < 1.29 is 9.53 Å². The van der Waals surface area contributed by atoms with Crippen molar-refractivity contribution in [1.82, 2.24) is 10.4 Å². The standard InChI is InChI=1S/C6H7NO.CH4N2O/c1-8-6-4-2-3-5-7-6;2-3-1-4/h2-5H,1H3;1H,2H2,(H,3,4). The first-order chi connectivity index (χ1) is 5.85. The molecule has 1 rings (SSSR count). The van der Waals surface area contributed by atoms with E-state index in [9.17, 15) is 0 Å². The zero-order valence-corrected chi connectivity index (χ0v) is 6.73. The van der Waals surface area contributed by atoms with Crippen LogP contribution in [-0.2, 0) is 4.79 Å². The number of ether oxygens (including phenoxy) is 1. The minimum atomic E-state index is 0.403. The van der Waals surface area contributed by atoms with Crippen molar-refractivity contribution in [2.75, 3.05) is 7.11 Å². The monoisotopic (exact) mass is 169 g/mol. The van der Waals surface area contributed by atoms with E-state index in [0.717, 1.165) is 0 Å². The fourth-order valence-corrected chi connectivity index (χ4v) is 0.468. The Bertz CT molecular complexity index is 203. The largest absolute Gasteiger partial charge is 0.481 e. The maximum atomic E-state index is 8.94. The molecule has 0 atom stereocenters. The van der Waals surface area contributed by atoms with Crippen LogP contribution in [-0.4, -0.2) is 18.5 Å². The molecule has 0 saturated carbocycles. The first-order valence-electron chi connectivity index (χ1n) is 3.20. The van der Waals surface area contributed by atoms with Gasteiger partial charge in [-0.15, -0.1) is 0 Å². The molecule has 0 spiro atoms. The second kappa shape index (κ2) is 7.49. The van der Waals surface area contributed by atoms with Crippen LogP contribution in [0.4, 0.5) is 0 Å². The van der Waals surface area contributed by atoms with E-state index in [1.54, 1.807) is 24.8 Å². The lowest BCUT2D eigenvalue weighted by Gasteiger charge is -1.92. The van der Waals surface area contributed by atoms with Crippen molar-refractivity contribution in [3.63, 3.8) is 0 Å². The third-order valence-electron chi connectivity index (χ3n) is 0.915. The number of methoxy groups -OCH3 is 1. The van der Waals surface area contributed by atoms with Gasteiger partial charge in [-0.25, -0.2) is 10.8 Å². The number of rotatable bonds is 2. The van der Waals surface area contributed by atoms with Gasteiger partial charge in [-0.3, -0.25) is 10.2 Å². The van der Waals surface area contributed by atoms with Gasteiger partial charge in [0.05, 0.1) is 7.11 Å². The zero-order chi connectivity index (χ0) is 9.23. The number of nitrogens with two attached hydrogens (primary N) is 1. The van der Waals surface area contributed by atoms with E-state index >= 15 is 0 Å². The van der Waals surface area contributed by atoms with E-state index < -0.39 is 0 Å². The van der Waals surface area contributed by atoms with E-state index in [2.05, 4.69) is 10.8 Å². The van der Waals surface area contributed by atoms with Crippen LogP contribution in [0, 0.1) is 0 Å². The highest BCUT2D eigenvalue weighted by molar-refractivity contribution is 5.44. The van der Waals surface area contributed by atoms with Gasteiger partial charge in [-0.05, 0) is 6.07 Å². The highest BCUT2D eigenvalue weighted by Crippen LogP contribution is 1.99. The van der Waals surface area contributed by atoms with Crippen LogP contribution in [0.2, 0.25) is 0 Å². The van der Waals surface area contributed by atoms with Gasteiger partial charge in [0.25, 0.3) is 0 Å². The summed E-state index contributed by atoms with van der Waals surface area (Å²) in [6, 6.07) is 5.54. The van der Waals surface area contributed by atoms with Crippen LogP contribution >= 0.6 is 0 Å². The summed E-state index contributed by atoms with van der Waals surface area (Å²) in [7, 11) is 1.60. The molecule has 1 amide bonds. The Kier molecular flexibility index (Phi) is 6.48. The second-order valence-electron chi connectivity index (χ2n) is 1.66. The Hall–Kier alpha value is -1.62. The Morgan fingerprint density at radius 3 is 2.58 bits per heavy atom. The van der Waals surface area contributed by atoms with Gasteiger partial charge in [0.1, 0.15) is 0 Å². The number of carbonyl (C=O) groups excluding carboxylic acids is 1. The Balaban J connectivity index is 0.000000261. The predicted octanol–water partition coefficient (Wildman–Crippen LogP) is -0.304. The van der Waals surface area contributed by atoms with E-state index in [-0.39, 0.29) is 0 Å². The van der Waals surface area contributed by atoms with Crippen molar-refractivity contribution in [1.29, 1.82) is 0 Å². The van der Waals surface area contributed by atoms with Crippen LogP contribution in [0.15, 0.2) is 24.4 Å². The number of hydrogen-bond acceptors (Lipinski definition) is 4. The molecule has 0 aromatic carbocycles. The van der Waals surface area contributed by atoms with Crippen molar-refractivity contribution in [3.8, 4) is 5.88 Å². The summed E-state index contributed by atoms with van der Waals surface area (Å²) in [5.74, 6) is 5.07. The highest BCUT2D eigenvalue weighted by Gasteiger charge is 1.82. The molecule has 0 aliphatic rings. The zero-order valence-electron chi connectivity index (χ0n) is 6.73. The van der Waals surface area contributed by atoms with E-state index in [1.165, 1.54) is 0 Å². The van der Waals surface area contributed by atoms with Crippen molar-refractivity contribution in [2.45, 2.75) is 0 Å². The molecule has 1 aromatic heterocycles. The topological polar surface area (TPSA) is 77.2 Å². The molecule has 0 aliphatic heterocycles. The van der Waals surface area contributed by atoms with Gasteiger partial charge < -0.3 is 4.74 Å². The van der Waals surface area contributed by atoms with Crippen LogP contribution in [0.25, 0.3) is 0 Å². The summed E-state index contributed by atoms with van der Waals surface area (Å²) in [6.45, 7) is 0. The van der Waals surface area contributed by atoms with Crippen molar-refractivity contribution in [2.24, 2.45) is 5.84 Å². The molecule has 1 heterocycles. The van der Waals surface area contributed by atoms with Crippen molar-refractivity contribution in [3.05, 3.63) is 24.4 Å². The molecule has 3 N–H and O–H groups in total. The summed E-state index contributed by atoms with van der Waals surface area (Å²) < 4.78 is 4.80. The second-order valence-corrected chi connectivity index (χ2v) is 1.66. The van der Waals surface area contributed by atoms with Crippen LogP contribution in [0.5, 0.6) is 5.88 Å². The number of aromatic nitrogens is 1. The number of amides is 1. The van der Waals surface area contributed by atoms with Gasteiger partial charge >= 0.3 is 0 Å². The fraction of sp³-hybridized carbons (Fsp3) is 0.143. The van der Waals surface area contributed by atoms with Gasteiger partial charge in [-0.1, -0.05) is 6.07 Å². The number of hydrogen-bond donors (Lipinski definition) is 2. The average Bonchev–Trinajstić information content (AvgIpc) is 2.19.